The van der Waals surface area contributed by atoms with E-state index >= 15 is 0 Å². The number of nitrogens with zero attached hydrogens (tertiary/aromatic N) is 3. The molecule has 6 nitrogen and oxygen atoms in total. The molecule has 2 heterocycles. The van der Waals surface area contributed by atoms with E-state index in [1.165, 1.54) is 23.1 Å². The molecule has 1 amide bonds. The Labute approximate surface area is 170 Å². The summed E-state index contributed by atoms with van der Waals surface area (Å²) in [4.78, 5) is 22.6. The Hall–Kier alpha value is -2.71. The zero-order valence-electron chi connectivity index (χ0n) is 15.6. The lowest BCUT2D eigenvalue weighted by atomic mass is 10.1. The molecule has 1 N–H and O–H groups in total. The van der Waals surface area contributed by atoms with Crippen LogP contribution in [-0.4, -0.2) is 21.0 Å². The van der Waals surface area contributed by atoms with Crippen LogP contribution in [0.2, 0.25) is 0 Å². The van der Waals surface area contributed by atoms with Crippen LogP contribution in [0.3, 0.4) is 0 Å². The molecule has 2 aromatic carbocycles. The van der Waals surface area contributed by atoms with Crippen molar-refractivity contribution in [2.75, 3.05) is 5.32 Å². The van der Waals surface area contributed by atoms with Crippen LogP contribution in [0.1, 0.15) is 33.2 Å². The Bertz CT molecular complexity index is 1130. The summed E-state index contributed by atoms with van der Waals surface area (Å²) in [5.41, 5.74) is 3.79. The fourth-order valence-electron chi connectivity index (χ4n) is 2.80. The third-order valence-electron chi connectivity index (χ3n) is 4.22. The molecule has 0 radical (unpaired) electrons. The largest absolute Gasteiger partial charge is 0.338 e. The van der Waals surface area contributed by atoms with Crippen molar-refractivity contribution in [1.29, 1.82) is 0 Å². The number of fused-ring (bicyclic) bond motifs is 1. The molecule has 4 aromatic rings. The van der Waals surface area contributed by atoms with E-state index in [9.17, 15) is 4.79 Å². The minimum Gasteiger partial charge on any atom is -0.338 e. The van der Waals surface area contributed by atoms with Crippen molar-refractivity contribution in [3.8, 4) is 0 Å². The number of rotatable bonds is 5. The summed E-state index contributed by atoms with van der Waals surface area (Å²) < 4.78 is 6.25. The van der Waals surface area contributed by atoms with Crippen LogP contribution in [0.5, 0.6) is 0 Å². The maximum Gasteiger partial charge on any atom is 0.258 e. The van der Waals surface area contributed by atoms with Gasteiger partial charge in [0.1, 0.15) is 0 Å². The number of carbonyl (C=O) groups is 1. The molecule has 0 unspecified atom stereocenters. The van der Waals surface area contributed by atoms with Gasteiger partial charge >= 0.3 is 0 Å². The molecule has 142 valence electrons. The molecule has 0 aliphatic rings. The summed E-state index contributed by atoms with van der Waals surface area (Å²) in [5, 5.41) is 7.34. The van der Waals surface area contributed by atoms with Crippen LogP contribution in [-0.2, 0) is 5.75 Å². The van der Waals surface area contributed by atoms with Gasteiger partial charge in [-0.15, -0.1) is 11.8 Å². The molecule has 0 aliphatic heterocycles. The smallest absolute Gasteiger partial charge is 0.258 e. The Balaban J connectivity index is 1.55. The van der Waals surface area contributed by atoms with Gasteiger partial charge < -0.3 is 4.52 Å². The summed E-state index contributed by atoms with van der Waals surface area (Å²) >= 11 is 2.98. The van der Waals surface area contributed by atoms with Crippen LogP contribution in [0.4, 0.5) is 5.13 Å². The minimum absolute atomic E-state index is 0.181. The summed E-state index contributed by atoms with van der Waals surface area (Å²) in [6, 6.07) is 11.6. The number of benzene rings is 2. The molecule has 0 spiro atoms. The Kier molecular flexibility index (Phi) is 5.15. The van der Waals surface area contributed by atoms with Crippen molar-refractivity contribution in [3.05, 3.63) is 64.8 Å². The number of hydrogen-bond acceptors (Lipinski definition) is 7. The van der Waals surface area contributed by atoms with Gasteiger partial charge in [0.25, 0.3) is 5.91 Å². The lowest BCUT2D eigenvalue weighted by Gasteiger charge is -2.07. The molecule has 0 saturated heterocycles. The van der Waals surface area contributed by atoms with E-state index in [1.807, 2.05) is 31.2 Å². The lowest BCUT2D eigenvalue weighted by Crippen LogP contribution is -2.12. The number of aryl methyl sites for hydroxylation is 3. The van der Waals surface area contributed by atoms with E-state index in [4.69, 9.17) is 4.52 Å². The number of hydrogen-bond donors (Lipinski definition) is 1. The van der Waals surface area contributed by atoms with Crippen LogP contribution < -0.4 is 5.32 Å². The van der Waals surface area contributed by atoms with Crippen molar-refractivity contribution in [3.63, 3.8) is 0 Å². The van der Waals surface area contributed by atoms with Gasteiger partial charge in [0.2, 0.25) is 5.89 Å². The zero-order chi connectivity index (χ0) is 19.7. The number of amides is 1. The van der Waals surface area contributed by atoms with Gasteiger partial charge in [-0.3, -0.25) is 10.1 Å². The SMILES string of the molecule is Cc1noc(CSc2ccccc2C(=O)Nc2nc3c(C)ccc(C)c3s2)n1. The predicted molar refractivity (Wildman–Crippen MR) is 112 cm³/mol. The van der Waals surface area contributed by atoms with Crippen LogP contribution in [0.25, 0.3) is 10.2 Å². The first-order valence-electron chi connectivity index (χ1n) is 8.70. The summed E-state index contributed by atoms with van der Waals surface area (Å²) in [6.07, 6.45) is 0. The fraction of sp³-hybridized carbons (Fsp3) is 0.200. The average molecular weight is 411 g/mol. The first-order chi connectivity index (χ1) is 13.5. The van der Waals surface area contributed by atoms with Gasteiger partial charge in [-0.1, -0.05) is 40.8 Å². The van der Waals surface area contributed by atoms with E-state index in [2.05, 4.69) is 33.4 Å². The second kappa shape index (κ2) is 7.73. The quantitative estimate of drug-likeness (QED) is 0.458. The minimum atomic E-state index is -0.181. The highest BCUT2D eigenvalue weighted by Gasteiger charge is 2.16. The van der Waals surface area contributed by atoms with E-state index in [-0.39, 0.29) is 5.91 Å². The maximum absolute atomic E-state index is 12.9. The summed E-state index contributed by atoms with van der Waals surface area (Å²) in [7, 11) is 0. The van der Waals surface area contributed by atoms with E-state index in [0.29, 0.717) is 28.2 Å². The van der Waals surface area contributed by atoms with E-state index in [0.717, 1.165) is 26.2 Å². The van der Waals surface area contributed by atoms with Crippen molar-refractivity contribution in [1.82, 2.24) is 15.1 Å². The van der Waals surface area contributed by atoms with Crippen molar-refractivity contribution < 1.29 is 9.32 Å². The van der Waals surface area contributed by atoms with Crippen LogP contribution in [0.15, 0.2) is 45.8 Å². The monoisotopic (exact) mass is 410 g/mol. The van der Waals surface area contributed by atoms with Gasteiger partial charge in [0, 0.05) is 4.90 Å². The molecule has 0 bridgehead atoms. The second-order valence-electron chi connectivity index (χ2n) is 6.37. The Morgan fingerprint density at radius 1 is 1.11 bits per heavy atom. The van der Waals surface area contributed by atoms with Gasteiger partial charge in [0.15, 0.2) is 11.0 Å². The van der Waals surface area contributed by atoms with E-state index in [1.54, 1.807) is 13.0 Å². The average Bonchev–Trinajstić information content (AvgIpc) is 3.30. The third-order valence-corrected chi connectivity index (χ3v) is 6.38. The predicted octanol–water partition coefficient (Wildman–Crippen LogP) is 5.15. The summed E-state index contributed by atoms with van der Waals surface area (Å²) in [6.45, 7) is 5.86. The molecule has 0 saturated carbocycles. The van der Waals surface area contributed by atoms with Crippen LogP contribution >= 0.6 is 23.1 Å². The third kappa shape index (κ3) is 3.79. The molecule has 0 aliphatic carbocycles. The molecular formula is C20H18N4O2S2. The highest BCUT2D eigenvalue weighted by Crippen LogP contribution is 2.32. The first kappa shape index (κ1) is 18.6. The normalized spacial score (nSPS) is 11.1. The number of thiazole rings is 1. The zero-order valence-corrected chi connectivity index (χ0v) is 17.3. The fourth-order valence-corrected chi connectivity index (χ4v) is 4.69. The molecule has 28 heavy (non-hydrogen) atoms. The van der Waals surface area contributed by atoms with Crippen molar-refractivity contribution >= 4 is 44.4 Å². The van der Waals surface area contributed by atoms with E-state index < -0.39 is 0 Å². The number of nitrogens with one attached hydrogen (secondary N) is 1. The lowest BCUT2D eigenvalue weighted by molar-refractivity contribution is 0.102. The molecule has 4 rings (SSSR count). The first-order valence-corrected chi connectivity index (χ1v) is 10.5. The number of aromatic nitrogens is 3. The molecule has 8 heteroatoms. The molecule has 0 fully saturated rings. The van der Waals surface area contributed by atoms with Gasteiger partial charge in [-0.2, -0.15) is 4.98 Å². The highest BCUT2D eigenvalue weighted by molar-refractivity contribution is 7.98. The highest BCUT2D eigenvalue weighted by atomic mass is 32.2. The topological polar surface area (TPSA) is 80.9 Å². The van der Waals surface area contributed by atoms with Gasteiger partial charge in [-0.05, 0) is 44.0 Å². The van der Waals surface area contributed by atoms with Gasteiger partial charge in [-0.25, -0.2) is 4.98 Å². The number of carbonyl (C=O) groups excluding carboxylic acids is 1. The van der Waals surface area contributed by atoms with Crippen molar-refractivity contribution in [2.45, 2.75) is 31.4 Å². The van der Waals surface area contributed by atoms with Crippen LogP contribution in [0, 0.1) is 20.8 Å². The number of thioether (sulfide) groups is 1. The Morgan fingerprint density at radius 2 is 1.89 bits per heavy atom. The summed E-state index contributed by atoms with van der Waals surface area (Å²) in [5.74, 6) is 1.46. The molecular weight excluding hydrogens is 392 g/mol. The molecule has 0 atom stereocenters. The molecule has 2 aromatic heterocycles. The second-order valence-corrected chi connectivity index (χ2v) is 8.39. The standard InChI is InChI=1S/C20H18N4O2S2/c1-11-8-9-12(2)18-17(11)22-20(28-18)23-19(25)14-6-4-5-7-15(14)27-10-16-21-13(3)24-26-16/h4-9H,10H2,1-3H3,(H,22,23,25). The maximum atomic E-state index is 12.9. The Morgan fingerprint density at radius 3 is 2.64 bits per heavy atom. The van der Waals surface area contributed by atoms with Gasteiger partial charge in [0.05, 0.1) is 21.5 Å². The van der Waals surface area contributed by atoms with Crippen molar-refractivity contribution in [2.24, 2.45) is 0 Å². The number of anilines is 1.